The fourth-order valence-corrected chi connectivity index (χ4v) is 4.57. The third kappa shape index (κ3) is 9.81. The van der Waals surface area contributed by atoms with Crippen LogP contribution < -0.4 is 20.7 Å². The van der Waals surface area contributed by atoms with Crippen molar-refractivity contribution in [2.24, 2.45) is 5.89 Å². The first-order valence-electron chi connectivity index (χ1n) is 26.0. The van der Waals surface area contributed by atoms with Gasteiger partial charge in [-0.25, -0.2) is 4.79 Å². The number of urea groups is 1. The molecule has 246 valence electrons. The Morgan fingerprint density at radius 1 is 1.07 bits per heavy atom. The van der Waals surface area contributed by atoms with Gasteiger partial charge in [-0.05, 0) is 67.5 Å². The quantitative estimate of drug-likeness (QED) is 0.195. The van der Waals surface area contributed by atoms with Crippen molar-refractivity contribution in [3.63, 3.8) is 0 Å². The Balaban J connectivity index is 1.92. The zero-order valence-corrected chi connectivity index (χ0v) is 24.4. The summed E-state index contributed by atoms with van der Waals surface area (Å²) in [5, 5.41) is 18.6. The predicted molar refractivity (Wildman–Crippen MR) is 180 cm³/mol. The summed E-state index contributed by atoms with van der Waals surface area (Å²) in [6.07, 6.45) is -7.55. The number of aliphatic hydroxyl groups is 1. The van der Waals surface area contributed by atoms with Crippen LogP contribution in [0.25, 0.3) is 0 Å². The molecule has 1 aliphatic heterocycles. The second kappa shape index (κ2) is 16.8. The van der Waals surface area contributed by atoms with E-state index in [0.717, 1.165) is 0 Å². The molecule has 46 heavy (non-hydrogen) atoms. The van der Waals surface area contributed by atoms with Crippen molar-refractivity contribution in [2.75, 3.05) is 19.7 Å². The number of benzene rings is 3. The van der Waals surface area contributed by atoms with Crippen LogP contribution in [0.5, 0.6) is 5.75 Å². The number of amides is 4. The molecule has 0 aromatic heterocycles. The van der Waals surface area contributed by atoms with Crippen molar-refractivity contribution in [2.45, 2.75) is 77.2 Å². The van der Waals surface area contributed by atoms with Gasteiger partial charge < -0.3 is 30.7 Å². The number of nitrogens with one attached hydrogen (secondary N) is 3. The van der Waals surface area contributed by atoms with E-state index in [-0.39, 0.29) is 17.9 Å². The SMILES string of the molecule is [2H]c1c([2H])c([2H])c(C([2H])([2H])[C@@H](C[C@H](O)[C@H](Cc2ccccc2)NC(=O)COc2c(C([2H])([2H])[2H])c([2H])c([2H])c([2H])c2C([2H])([2H])[2H])NC(=O)[C@@]([2H])(N2CCCNC2=O)C([2H])(C([2H])([2H])[2H])C([2H])([2H])[2H])c([2H])c1[2H]. The molecule has 4 N–H and O–H groups in total. The van der Waals surface area contributed by atoms with Crippen LogP contribution in [0.15, 0.2) is 78.7 Å². The second-order valence-electron chi connectivity index (χ2n) is 10.0. The molecule has 0 spiro atoms. The van der Waals surface area contributed by atoms with Crippen LogP contribution in [0, 0.1) is 19.6 Å². The molecule has 0 unspecified atom stereocenters. The molecular formula is C37H48N4O5. The van der Waals surface area contributed by atoms with Crippen molar-refractivity contribution < 1.29 is 57.1 Å². The number of rotatable bonds is 15. The van der Waals surface area contributed by atoms with E-state index >= 15 is 0 Å². The van der Waals surface area contributed by atoms with Gasteiger partial charge in [0.1, 0.15) is 11.8 Å². The number of carbonyl (C=O) groups excluding carboxylic acids is 3. The lowest BCUT2D eigenvalue weighted by Gasteiger charge is -2.37. The number of hydrogen-bond acceptors (Lipinski definition) is 5. The maximum atomic E-state index is 14.8. The van der Waals surface area contributed by atoms with Crippen LogP contribution in [0.2, 0.25) is 0 Å². The number of nitrogens with zero attached hydrogens (tertiary/aromatic N) is 1. The highest BCUT2D eigenvalue weighted by Gasteiger charge is 2.35. The first-order valence-corrected chi connectivity index (χ1v) is 14.0. The van der Waals surface area contributed by atoms with Gasteiger partial charge in [0, 0.05) is 39.7 Å². The highest BCUT2D eigenvalue weighted by Crippen LogP contribution is 2.22. The van der Waals surface area contributed by atoms with E-state index in [0.29, 0.717) is 5.56 Å². The summed E-state index contributed by atoms with van der Waals surface area (Å²) in [5.41, 5.74) is -3.10. The van der Waals surface area contributed by atoms with Crippen LogP contribution >= 0.6 is 0 Å². The van der Waals surface area contributed by atoms with Gasteiger partial charge in [-0.15, -0.1) is 0 Å². The van der Waals surface area contributed by atoms with Gasteiger partial charge >= 0.3 is 6.03 Å². The number of hydrogen-bond donors (Lipinski definition) is 4. The van der Waals surface area contributed by atoms with E-state index in [4.69, 9.17) is 33.5 Å². The average molecular weight is 653 g/mol. The van der Waals surface area contributed by atoms with Gasteiger partial charge in [0.25, 0.3) is 5.91 Å². The molecule has 4 atom stereocenters. The van der Waals surface area contributed by atoms with E-state index < -0.39 is 178 Å². The van der Waals surface area contributed by atoms with Crippen LogP contribution in [-0.2, 0) is 22.4 Å². The molecule has 1 heterocycles. The highest BCUT2D eigenvalue weighted by molar-refractivity contribution is 5.87. The van der Waals surface area contributed by atoms with Crippen molar-refractivity contribution in [1.29, 1.82) is 0 Å². The fraction of sp³-hybridized carbons (Fsp3) is 0.432. The molecule has 9 nitrogen and oxygen atoms in total. The maximum absolute atomic E-state index is 14.8. The summed E-state index contributed by atoms with van der Waals surface area (Å²) >= 11 is 0. The third-order valence-corrected chi connectivity index (χ3v) is 6.69. The summed E-state index contributed by atoms with van der Waals surface area (Å²) in [7, 11) is 0. The normalized spacial score (nSPS) is 25.7. The minimum Gasteiger partial charge on any atom is -0.483 e. The van der Waals surface area contributed by atoms with E-state index in [1.807, 2.05) is 5.32 Å². The first-order chi connectivity index (χ1) is 31.8. The summed E-state index contributed by atoms with van der Waals surface area (Å²) in [4.78, 5) is 42.1. The van der Waals surface area contributed by atoms with Crippen molar-refractivity contribution in [3.05, 3.63) is 101 Å². The predicted octanol–water partition coefficient (Wildman–Crippen LogP) is 4.33. The van der Waals surface area contributed by atoms with Crippen LogP contribution in [0.3, 0.4) is 0 Å². The number of carbonyl (C=O) groups is 3. The van der Waals surface area contributed by atoms with Crippen molar-refractivity contribution in [1.82, 2.24) is 20.9 Å². The minimum absolute atomic E-state index is 0.110. The van der Waals surface area contributed by atoms with Crippen molar-refractivity contribution >= 4 is 17.8 Å². The molecule has 4 amide bonds. The molecular weight excluding hydrogens is 580 g/mol. The van der Waals surface area contributed by atoms with Gasteiger partial charge in [-0.3, -0.25) is 9.59 Å². The molecule has 1 fully saturated rings. The van der Waals surface area contributed by atoms with Crippen molar-refractivity contribution in [3.8, 4) is 5.75 Å². The Morgan fingerprint density at radius 3 is 2.48 bits per heavy atom. The molecule has 1 saturated heterocycles. The maximum Gasteiger partial charge on any atom is 0.318 e. The smallest absolute Gasteiger partial charge is 0.318 e. The zero-order valence-electron chi connectivity index (χ0n) is 48.4. The Morgan fingerprint density at radius 2 is 1.80 bits per heavy atom. The molecule has 3 aromatic carbocycles. The molecule has 4 rings (SSSR count). The molecule has 1 aliphatic rings. The lowest BCUT2D eigenvalue weighted by atomic mass is 9.92. The standard InChI is InChI=1S/C37H48N4O5/c1-25(2)34(41-20-12-19-38-37(41)45)36(44)39-30(21-28-15-7-5-8-16-28)23-32(42)31(22-29-17-9-6-10-18-29)40-33(43)24-46-35-26(3)13-11-14-27(35)4/h5-11,13-18,25,30-32,34,42H,12,19-24H2,1-4H3,(H,38,45)(H,39,44)(H,40,43)/t30-,31-,32-,34-/m0/s1/i1D3,2D3,3D3,4D3,5D,7D,8D,11D,13D,14D,15D,16D,21D2,25D,34D. The molecule has 9 heteroatoms. The summed E-state index contributed by atoms with van der Waals surface area (Å²) in [6, 6.07) is -10.9. The minimum atomic E-state index is -4.25. The van der Waals surface area contributed by atoms with Crippen LogP contribution in [-0.4, -0.2) is 71.8 Å². The topological polar surface area (TPSA) is 120 Å². The molecule has 0 bridgehead atoms. The van der Waals surface area contributed by atoms with Gasteiger partial charge in [0.05, 0.1) is 24.5 Å². The molecule has 0 saturated carbocycles. The van der Waals surface area contributed by atoms with Gasteiger partial charge in [-0.1, -0.05) is 92.4 Å². The lowest BCUT2D eigenvalue weighted by molar-refractivity contribution is -0.128. The van der Waals surface area contributed by atoms with E-state index in [1.54, 1.807) is 6.07 Å². The monoisotopic (exact) mass is 653 g/mol. The first kappa shape index (κ1) is 14.6. The van der Waals surface area contributed by atoms with Gasteiger partial charge in [-0.2, -0.15) is 0 Å². The van der Waals surface area contributed by atoms with Gasteiger partial charge in [0.2, 0.25) is 5.91 Å². The number of ether oxygens (including phenoxy) is 1. The van der Waals surface area contributed by atoms with E-state index in [1.165, 1.54) is 24.3 Å². The highest BCUT2D eigenvalue weighted by atomic mass is 16.5. The van der Waals surface area contributed by atoms with Crippen LogP contribution in [0.4, 0.5) is 4.79 Å². The van der Waals surface area contributed by atoms with Crippen LogP contribution in [0.1, 0.15) is 81.7 Å². The fourth-order valence-electron chi connectivity index (χ4n) is 4.57. The molecule has 0 radical (unpaired) electrons. The second-order valence-corrected chi connectivity index (χ2v) is 10.0. The molecule has 0 aliphatic carbocycles. The van der Waals surface area contributed by atoms with Gasteiger partial charge in [0.15, 0.2) is 6.61 Å². The van der Waals surface area contributed by atoms with E-state index in [2.05, 4.69) is 10.6 Å². The Bertz CT molecular complexity index is 2380. The Labute approximate surface area is 306 Å². The average Bonchev–Trinajstić information content (AvgIpc) is 3.23. The van der Waals surface area contributed by atoms with E-state index in [9.17, 15) is 23.6 Å². The summed E-state index contributed by atoms with van der Waals surface area (Å²) in [6.45, 7) is -17.0. The zero-order chi connectivity index (χ0) is 53.7. The number of para-hydroxylation sites is 1. The lowest BCUT2D eigenvalue weighted by Crippen LogP contribution is -2.59. The largest absolute Gasteiger partial charge is 0.483 e. The summed E-state index contributed by atoms with van der Waals surface area (Å²) in [5.74, 6) is -8.79. The summed E-state index contributed by atoms with van der Waals surface area (Å²) < 4.78 is 205. The molecule has 3 aromatic rings. The Hall–Kier alpha value is -4.37. The Kier molecular flexibility index (Phi) is 5.33. The third-order valence-electron chi connectivity index (χ3n) is 6.69. The number of aliphatic hydroxyl groups excluding tert-OH is 1.